The Hall–Kier alpha value is -3.99. The molecule has 0 aliphatic rings. The normalized spacial score (nSPS) is 10.7. The minimum absolute atomic E-state index is 0.0736. The zero-order chi connectivity index (χ0) is 22.5. The van der Waals surface area contributed by atoms with Gasteiger partial charge in [-0.15, -0.1) is 0 Å². The third kappa shape index (κ3) is 4.62. The van der Waals surface area contributed by atoms with Gasteiger partial charge in [0.1, 0.15) is 0 Å². The van der Waals surface area contributed by atoms with Crippen LogP contribution in [0.5, 0.6) is 0 Å². The molecule has 0 unspecified atom stereocenters. The second-order valence-corrected chi connectivity index (χ2v) is 9.61. The molecule has 1 heterocycles. The van der Waals surface area contributed by atoms with E-state index in [0.717, 1.165) is 15.7 Å². The van der Waals surface area contributed by atoms with Gasteiger partial charge in [-0.3, -0.25) is 0 Å². The van der Waals surface area contributed by atoms with Crippen molar-refractivity contribution >= 4 is 35.5 Å². The quantitative estimate of drug-likeness (QED) is 0.364. The topological polar surface area (TPSA) is 59.8 Å². The number of aromatic nitrogens is 3. The van der Waals surface area contributed by atoms with Crippen LogP contribution >= 0.6 is 0 Å². The van der Waals surface area contributed by atoms with Crippen LogP contribution in [0.15, 0.2) is 115 Å². The number of benzene rings is 4. The van der Waals surface area contributed by atoms with Crippen LogP contribution in [0, 0.1) is 0 Å². The molecule has 0 saturated heterocycles. The molecular weight excluding hydrogens is 475 g/mol. The van der Waals surface area contributed by atoms with Crippen LogP contribution in [0.2, 0.25) is 0 Å². The maximum atomic E-state index is 13.2. The molecule has 4 aromatic carbocycles. The molecule has 6 heteroatoms. The second kappa shape index (κ2) is 9.65. The van der Waals surface area contributed by atoms with Crippen LogP contribution in [0.25, 0.3) is 16.9 Å². The molecule has 0 fully saturated rings. The van der Waals surface area contributed by atoms with Crippen molar-refractivity contribution in [3.8, 4) is 16.9 Å². The first-order valence-electron chi connectivity index (χ1n) is 10.5. The second-order valence-electron chi connectivity index (χ2n) is 7.27. The Balaban J connectivity index is 1.60. The van der Waals surface area contributed by atoms with Crippen molar-refractivity contribution in [2.45, 2.75) is 0 Å². The SMILES string of the molecule is O=C(Nc1ccccc1)c1nnn(-c2ccccc2[Se]c2ccccc2)c1-c1ccccc1. The van der Waals surface area contributed by atoms with Gasteiger partial charge in [0, 0.05) is 0 Å². The van der Waals surface area contributed by atoms with Gasteiger partial charge in [-0.1, -0.05) is 0 Å². The summed E-state index contributed by atoms with van der Waals surface area (Å²) in [6.45, 7) is 0. The number of nitrogens with one attached hydrogen (secondary N) is 1. The first-order chi connectivity index (χ1) is 16.3. The maximum absolute atomic E-state index is 13.2. The Bertz CT molecular complexity index is 1370. The van der Waals surface area contributed by atoms with Crippen LogP contribution in [-0.4, -0.2) is 35.9 Å². The van der Waals surface area contributed by atoms with Gasteiger partial charge in [-0.05, 0) is 0 Å². The van der Waals surface area contributed by atoms with Crippen LogP contribution in [0.1, 0.15) is 10.5 Å². The molecular formula is C27H20N4OSe. The third-order valence-electron chi connectivity index (χ3n) is 5.03. The van der Waals surface area contributed by atoms with Crippen molar-refractivity contribution < 1.29 is 4.79 Å². The first kappa shape index (κ1) is 20.9. The predicted molar refractivity (Wildman–Crippen MR) is 133 cm³/mol. The van der Waals surface area contributed by atoms with Gasteiger partial charge in [-0.2, -0.15) is 0 Å². The number of amides is 1. The number of carbonyl (C=O) groups is 1. The first-order valence-corrected chi connectivity index (χ1v) is 12.2. The van der Waals surface area contributed by atoms with E-state index in [1.54, 1.807) is 4.68 Å². The number of carbonyl (C=O) groups excluding carboxylic acids is 1. The third-order valence-corrected chi connectivity index (χ3v) is 7.28. The summed E-state index contributed by atoms with van der Waals surface area (Å²) < 4.78 is 4.21. The van der Waals surface area contributed by atoms with Crippen LogP contribution in [0.3, 0.4) is 0 Å². The van der Waals surface area contributed by atoms with E-state index >= 15 is 0 Å². The molecule has 5 aromatic rings. The Labute approximate surface area is 198 Å². The summed E-state index contributed by atoms with van der Waals surface area (Å²) in [5.41, 5.74) is 3.46. The van der Waals surface area contributed by atoms with Gasteiger partial charge in [0.15, 0.2) is 0 Å². The van der Waals surface area contributed by atoms with E-state index in [0.29, 0.717) is 11.4 Å². The van der Waals surface area contributed by atoms with Crippen LogP contribution in [-0.2, 0) is 0 Å². The number of rotatable bonds is 6. The fourth-order valence-corrected chi connectivity index (χ4v) is 5.50. The van der Waals surface area contributed by atoms with E-state index in [9.17, 15) is 4.79 Å². The molecule has 0 saturated carbocycles. The van der Waals surface area contributed by atoms with Crippen molar-refractivity contribution in [1.29, 1.82) is 0 Å². The van der Waals surface area contributed by atoms with Gasteiger partial charge < -0.3 is 0 Å². The fourth-order valence-electron chi connectivity index (χ4n) is 3.50. The molecule has 0 bridgehead atoms. The molecule has 0 spiro atoms. The molecule has 0 atom stereocenters. The molecule has 5 rings (SSSR count). The molecule has 160 valence electrons. The van der Waals surface area contributed by atoms with E-state index in [1.165, 1.54) is 4.46 Å². The fraction of sp³-hybridized carbons (Fsp3) is 0. The predicted octanol–water partition coefficient (Wildman–Crippen LogP) is 3.84. The van der Waals surface area contributed by atoms with Crippen LogP contribution in [0.4, 0.5) is 5.69 Å². The summed E-state index contributed by atoms with van der Waals surface area (Å²) in [6, 6.07) is 37.7. The molecule has 0 aliphatic heterocycles. The standard InChI is InChI=1S/C27H20N4OSe/c32-27(28-21-14-6-2-7-15-21)25-26(20-12-4-1-5-13-20)31(30-29-25)23-18-10-11-19-24(23)33-22-16-8-3-9-17-22/h1-19H,(H,28,32). The zero-order valence-corrected chi connectivity index (χ0v) is 19.3. The van der Waals surface area contributed by atoms with Crippen LogP contribution < -0.4 is 14.2 Å². The molecule has 1 amide bonds. The van der Waals surface area contributed by atoms with E-state index in [4.69, 9.17) is 0 Å². The number of para-hydroxylation sites is 2. The van der Waals surface area contributed by atoms with Gasteiger partial charge in [0.2, 0.25) is 0 Å². The monoisotopic (exact) mass is 496 g/mol. The van der Waals surface area contributed by atoms with Crippen molar-refractivity contribution in [1.82, 2.24) is 15.0 Å². The molecule has 0 aliphatic carbocycles. The number of nitrogens with zero attached hydrogens (tertiary/aromatic N) is 3. The van der Waals surface area contributed by atoms with Crippen molar-refractivity contribution in [3.05, 3.63) is 121 Å². The number of hydrogen-bond acceptors (Lipinski definition) is 3. The van der Waals surface area contributed by atoms with Crippen molar-refractivity contribution in [2.75, 3.05) is 5.32 Å². The number of hydrogen-bond donors (Lipinski definition) is 1. The molecule has 33 heavy (non-hydrogen) atoms. The van der Waals surface area contributed by atoms with Crippen molar-refractivity contribution in [2.24, 2.45) is 0 Å². The van der Waals surface area contributed by atoms with Gasteiger partial charge >= 0.3 is 198 Å². The van der Waals surface area contributed by atoms with E-state index in [-0.39, 0.29) is 26.6 Å². The number of anilines is 1. The van der Waals surface area contributed by atoms with Gasteiger partial charge in [0.05, 0.1) is 0 Å². The summed E-state index contributed by atoms with van der Waals surface area (Å²) >= 11 is 0.0736. The van der Waals surface area contributed by atoms with E-state index in [1.807, 2.05) is 84.9 Å². The van der Waals surface area contributed by atoms with Gasteiger partial charge in [-0.25, -0.2) is 0 Å². The Morgan fingerprint density at radius 1 is 0.727 bits per heavy atom. The molecule has 1 N–H and O–H groups in total. The summed E-state index contributed by atoms with van der Waals surface area (Å²) in [7, 11) is 0. The average Bonchev–Trinajstić information content (AvgIpc) is 3.31. The minimum atomic E-state index is -0.294. The summed E-state index contributed by atoms with van der Waals surface area (Å²) in [6.07, 6.45) is 0. The molecule has 1 aromatic heterocycles. The average molecular weight is 495 g/mol. The van der Waals surface area contributed by atoms with E-state index in [2.05, 4.69) is 46.0 Å². The Morgan fingerprint density at radius 2 is 1.33 bits per heavy atom. The van der Waals surface area contributed by atoms with Crippen molar-refractivity contribution in [3.63, 3.8) is 0 Å². The Morgan fingerprint density at radius 3 is 2.06 bits per heavy atom. The molecule has 0 radical (unpaired) electrons. The summed E-state index contributed by atoms with van der Waals surface area (Å²) in [5, 5.41) is 11.7. The van der Waals surface area contributed by atoms with Gasteiger partial charge in [0.25, 0.3) is 0 Å². The molecule has 5 nitrogen and oxygen atoms in total. The zero-order valence-electron chi connectivity index (χ0n) is 17.6. The van der Waals surface area contributed by atoms with E-state index < -0.39 is 0 Å². The summed E-state index contributed by atoms with van der Waals surface area (Å²) in [5.74, 6) is -0.294. The Kier molecular flexibility index (Phi) is 6.11. The summed E-state index contributed by atoms with van der Waals surface area (Å²) in [4.78, 5) is 13.2.